The van der Waals surface area contributed by atoms with Gasteiger partial charge in [-0.15, -0.1) is 11.3 Å². The van der Waals surface area contributed by atoms with Crippen molar-refractivity contribution in [3.63, 3.8) is 0 Å². The number of thiophene rings is 1. The van der Waals surface area contributed by atoms with Gasteiger partial charge in [0.25, 0.3) is 0 Å². The molecule has 0 unspecified atom stereocenters. The molecule has 1 aliphatic heterocycles. The average Bonchev–Trinajstić information content (AvgIpc) is 3.08. The molecule has 1 aliphatic rings. The van der Waals surface area contributed by atoms with Crippen molar-refractivity contribution >= 4 is 11.3 Å². The lowest BCUT2D eigenvalue weighted by molar-refractivity contribution is 0.188. The zero-order valence-electron chi connectivity index (χ0n) is 13.9. The number of aromatic nitrogens is 1. The number of hydrogen-bond acceptors (Lipinski definition) is 4. The summed E-state index contributed by atoms with van der Waals surface area (Å²) in [5, 5.41) is 5.96. The number of pyridine rings is 1. The normalized spacial score (nSPS) is 18.1. The van der Waals surface area contributed by atoms with Crippen molar-refractivity contribution in [2.45, 2.75) is 38.8 Å². The highest BCUT2D eigenvalue weighted by Crippen LogP contribution is 2.16. The lowest BCUT2D eigenvalue weighted by atomic mass is 10.0. The van der Waals surface area contributed by atoms with Crippen LogP contribution in [0, 0.1) is 5.92 Å². The van der Waals surface area contributed by atoms with Gasteiger partial charge in [-0.25, -0.2) is 0 Å². The Kier molecular flexibility index (Phi) is 6.20. The van der Waals surface area contributed by atoms with Crippen LogP contribution in [-0.4, -0.2) is 35.6 Å². The van der Waals surface area contributed by atoms with Crippen molar-refractivity contribution in [2.24, 2.45) is 5.92 Å². The molecule has 0 amide bonds. The first kappa shape index (κ1) is 16.6. The summed E-state index contributed by atoms with van der Waals surface area (Å²) >= 11 is 1.87. The average molecular weight is 330 g/mol. The van der Waals surface area contributed by atoms with Crippen LogP contribution in [0.5, 0.6) is 0 Å². The molecule has 0 spiro atoms. The minimum absolute atomic E-state index is 0.689. The molecule has 23 heavy (non-hydrogen) atoms. The molecule has 124 valence electrons. The molecule has 2 aromatic rings. The van der Waals surface area contributed by atoms with Crippen LogP contribution in [0.2, 0.25) is 0 Å². The highest BCUT2D eigenvalue weighted by Gasteiger charge is 2.19. The van der Waals surface area contributed by atoms with Crippen LogP contribution in [0.25, 0.3) is 0 Å². The second-order valence-corrected chi connectivity index (χ2v) is 7.74. The first-order valence-corrected chi connectivity index (χ1v) is 9.54. The Bertz CT molecular complexity index is 547. The van der Waals surface area contributed by atoms with Crippen molar-refractivity contribution in [3.05, 3.63) is 52.5 Å². The van der Waals surface area contributed by atoms with Gasteiger partial charge in [0.2, 0.25) is 0 Å². The third-order valence-electron chi connectivity index (χ3n) is 4.63. The molecule has 0 radical (unpaired) electrons. The number of likely N-dealkylation sites (tertiary alicyclic amines) is 1. The van der Waals surface area contributed by atoms with E-state index in [1.165, 1.54) is 42.8 Å². The zero-order valence-corrected chi connectivity index (χ0v) is 14.8. The first-order chi connectivity index (χ1) is 11.3. The number of nitrogens with one attached hydrogen (secondary N) is 1. The van der Waals surface area contributed by atoms with Gasteiger partial charge in [-0.2, -0.15) is 0 Å². The molecule has 0 aliphatic carbocycles. The predicted molar refractivity (Wildman–Crippen MR) is 97.7 cm³/mol. The Morgan fingerprint density at radius 2 is 2.04 bits per heavy atom. The molecule has 3 rings (SSSR count). The fraction of sp³-hybridized carbons (Fsp3) is 0.526. The van der Waals surface area contributed by atoms with Gasteiger partial charge in [-0.3, -0.25) is 9.88 Å². The summed E-state index contributed by atoms with van der Waals surface area (Å²) < 4.78 is 0. The topological polar surface area (TPSA) is 28.2 Å². The van der Waals surface area contributed by atoms with Gasteiger partial charge >= 0.3 is 0 Å². The van der Waals surface area contributed by atoms with E-state index in [0.29, 0.717) is 12.0 Å². The highest BCUT2D eigenvalue weighted by atomic mass is 32.1. The van der Waals surface area contributed by atoms with E-state index in [4.69, 9.17) is 0 Å². The van der Waals surface area contributed by atoms with E-state index in [9.17, 15) is 0 Å². The SMILES string of the molecule is C[C@@H](CNC1CCN(Cc2ccncc2)CC1)Cc1cccs1. The summed E-state index contributed by atoms with van der Waals surface area (Å²) in [6.07, 6.45) is 7.50. The standard InChI is InChI=1S/C19H27N3S/c1-16(13-19-3-2-12-23-19)14-21-18-6-10-22(11-7-18)15-17-4-8-20-9-5-17/h2-5,8-9,12,16,18,21H,6-7,10-11,13-15H2,1H3/t16-/m1/s1. The quantitative estimate of drug-likeness (QED) is 0.841. The lowest BCUT2D eigenvalue weighted by Gasteiger charge is -2.33. The molecule has 0 saturated carbocycles. The minimum atomic E-state index is 0.689. The van der Waals surface area contributed by atoms with E-state index in [1.54, 1.807) is 0 Å². The highest BCUT2D eigenvalue weighted by molar-refractivity contribution is 7.09. The van der Waals surface area contributed by atoms with Crippen molar-refractivity contribution in [1.29, 1.82) is 0 Å². The Balaban J connectivity index is 1.34. The molecule has 1 saturated heterocycles. The largest absolute Gasteiger partial charge is 0.314 e. The Hall–Kier alpha value is -1.23. The van der Waals surface area contributed by atoms with Gasteiger partial charge in [0.1, 0.15) is 0 Å². The summed E-state index contributed by atoms with van der Waals surface area (Å²) in [7, 11) is 0. The van der Waals surface area contributed by atoms with Gasteiger partial charge in [0, 0.05) is 29.9 Å². The minimum Gasteiger partial charge on any atom is -0.314 e. The predicted octanol–water partition coefficient (Wildman–Crippen LogP) is 3.58. The van der Waals surface area contributed by atoms with Gasteiger partial charge in [-0.1, -0.05) is 13.0 Å². The summed E-state index contributed by atoms with van der Waals surface area (Å²) in [5.74, 6) is 0.712. The molecular weight excluding hydrogens is 302 g/mol. The second-order valence-electron chi connectivity index (χ2n) is 6.70. The van der Waals surface area contributed by atoms with Crippen LogP contribution in [0.3, 0.4) is 0 Å². The number of rotatable bonds is 7. The third-order valence-corrected chi connectivity index (χ3v) is 5.53. The zero-order chi connectivity index (χ0) is 15.9. The van der Waals surface area contributed by atoms with Crippen LogP contribution in [0.1, 0.15) is 30.2 Å². The van der Waals surface area contributed by atoms with Crippen molar-refractivity contribution in [1.82, 2.24) is 15.2 Å². The van der Waals surface area contributed by atoms with E-state index in [-0.39, 0.29) is 0 Å². The van der Waals surface area contributed by atoms with E-state index in [1.807, 2.05) is 23.7 Å². The molecular formula is C19H27N3S. The van der Waals surface area contributed by atoms with Crippen LogP contribution < -0.4 is 5.32 Å². The monoisotopic (exact) mass is 329 g/mol. The first-order valence-electron chi connectivity index (χ1n) is 8.66. The number of hydrogen-bond donors (Lipinski definition) is 1. The maximum absolute atomic E-state index is 4.09. The van der Waals surface area contributed by atoms with E-state index in [0.717, 1.165) is 13.1 Å². The number of nitrogens with zero attached hydrogens (tertiary/aromatic N) is 2. The summed E-state index contributed by atoms with van der Waals surface area (Å²) in [5.41, 5.74) is 1.37. The van der Waals surface area contributed by atoms with Gasteiger partial charge < -0.3 is 5.32 Å². The van der Waals surface area contributed by atoms with E-state index >= 15 is 0 Å². The number of piperidine rings is 1. The van der Waals surface area contributed by atoms with Crippen LogP contribution in [0.15, 0.2) is 42.0 Å². The molecule has 1 atom stereocenters. The van der Waals surface area contributed by atoms with Crippen molar-refractivity contribution in [2.75, 3.05) is 19.6 Å². The molecule has 2 aromatic heterocycles. The maximum atomic E-state index is 4.09. The molecule has 0 aromatic carbocycles. The van der Waals surface area contributed by atoms with Crippen molar-refractivity contribution in [3.8, 4) is 0 Å². The van der Waals surface area contributed by atoms with Gasteiger partial charge in [0.15, 0.2) is 0 Å². The lowest BCUT2D eigenvalue weighted by Crippen LogP contribution is -2.43. The fourth-order valence-electron chi connectivity index (χ4n) is 3.25. The maximum Gasteiger partial charge on any atom is 0.0271 e. The molecule has 4 heteroatoms. The fourth-order valence-corrected chi connectivity index (χ4v) is 4.12. The van der Waals surface area contributed by atoms with Crippen LogP contribution >= 0.6 is 11.3 Å². The third kappa shape index (κ3) is 5.41. The Labute approximate surface area is 143 Å². The van der Waals surface area contributed by atoms with Crippen molar-refractivity contribution < 1.29 is 0 Å². The molecule has 0 bridgehead atoms. The molecule has 1 fully saturated rings. The second kappa shape index (κ2) is 8.57. The summed E-state index contributed by atoms with van der Waals surface area (Å²) in [6, 6.07) is 9.33. The van der Waals surface area contributed by atoms with Crippen LogP contribution in [0.4, 0.5) is 0 Å². The molecule has 3 heterocycles. The van der Waals surface area contributed by atoms with Crippen LogP contribution in [-0.2, 0) is 13.0 Å². The summed E-state index contributed by atoms with van der Waals surface area (Å²) in [6.45, 7) is 6.93. The Morgan fingerprint density at radius 3 is 2.74 bits per heavy atom. The summed E-state index contributed by atoms with van der Waals surface area (Å²) in [4.78, 5) is 8.15. The van der Waals surface area contributed by atoms with E-state index < -0.39 is 0 Å². The smallest absolute Gasteiger partial charge is 0.0271 e. The molecule has 3 nitrogen and oxygen atoms in total. The van der Waals surface area contributed by atoms with E-state index in [2.05, 4.69) is 51.8 Å². The molecule has 1 N–H and O–H groups in total. The van der Waals surface area contributed by atoms with Gasteiger partial charge in [0.05, 0.1) is 0 Å². The Morgan fingerprint density at radius 1 is 1.26 bits per heavy atom. The van der Waals surface area contributed by atoms with Gasteiger partial charge in [-0.05, 0) is 74.0 Å².